The van der Waals surface area contributed by atoms with Gasteiger partial charge in [-0.1, -0.05) is 161 Å². The van der Waals surface area contributed by atoms with Crippen molar-refractivity contribution in [3.8, 4) is 0 Å². The summed E-state index contributed by atoms with van der Waals surface area (Å²) in [7, 11) is 0. The summed E-state index contributed by atoms with van der Waals surface area (Å²) >= 11 is 0. The molecule has 7 rings (SSSR count). The molecular formula is C59H74N10. The van der Waals surface area contributed by atoms with Crippen molar-refractivity contribution in [1.29, 1.82) is 0 Å². The summed E-state index contributed by atoms with van der Waals surface area (Å²) in [5, 5.41) is 0. The molecular weight excluding hydrogens is 849 g/mol. The highest BCUT2D eigenvalue weighted by Gasteiger charge is 2.30. The number of rotatable bonds is 9. The summed E-state index contributed by atoms with van der Waals surface area (Å²) < 4.78 is 0. The lowest BCUT2D eigenvalue weighted by Gasteiger charge is -2.32. The monoisotopic (exact) mass is 923 g/mol. The number of nitrogens with zero attached hydrogens (tertiary/aromatic N) is 10. The number of anilines is 9. The van der Waals surface area contributed by atoms with Gasteiger partial charge in [0.25, 0.3) is 0 Å². The van der Waals surface area contributed by atoms with E-state index in [9.17, 15) is 0 Å². The standard InChI is InChI=1S/C59H74N10/c1-54(2,3)40-25-19-31-46(60-40)67(47-32-20-26-41(61-47)55(4,5)6)39-37-52(68(48-33-21-27-42(62-48)56(7,8)9)49-34-22-28-43(63-49)57(10,11)12)66-53(38-39)69(50-35-23-29-44(64-50)58(13,14)15)51-36-24-30-45(65-51)59(16,17)18/h19-38H,1-18H3. The first-order chi connectivity index (χ1) is 32.0. The Kier molecular flexibility index (Phi) is 13.4. The Balaban J connectivity index is 1.67. The summed E-state index contributed by atoms with van der Waals surface area (Å²) in [6.45, 7) is 39.3. The lowest BCUT2D eigenvalue weighted by molar-refractivity contribution is 0.567. The predicted octanol–water partition coefficient (Wildman–Crippen LogP) is 15.6. The van der Waals surface area contributed by atoms with Gasteiger partial charge in [-0.3, -0.25) is 14.7 Å². The maximum atomic E-state index is 5.71. The van der Waals surface area contributed by atoms with Gasteiger partial charge >= 0.3 is 0 Å². The van der Waals surface area contributed by atoms with Gasteiger partial charge in [0.15, 0.2) is 0 Å². The summed E-state index contributed by atoms with van der Waals surface area (Å²) in [6, 6.07) is 41.5. The SMILES string of the molecule is CC(C)(C)c1cccc(N(c2cc(N(c3cccc(C(C)(C)C)n3)c3cccc(C(C)(C)C)n3)nc(N(c3cccc(C(C)(C)C)n3)c3cccc(C(C)(C)C)n3)c2)c2cccc(C(C)(C)C)n2)n1. The Morgan fingerprint density at radius 2 is 0.420 bits per heavy atom. The molecule has 7 aromatic rings. The molecule has 0 atom stereocenters. The molecule has 0 aromatic carbocycles. The zero-order valence-corrected chi connectivity index (χ0v) is 44.5. The van der Waals surface area contributed by atoms with Crippen LogP contribution in [-0.2, 0) is 32.5 Å². The third kappa shape index (κ3) is 11.5. The van der Waals surface area contributed by atoms with Crippen LogP contribution in [0.5, 0.6) is 0 Å². The molecule has 0 spiro atoms. The number of hydrogen-bond acceptors (Lipinski definition) is 10. The van der Waals surface area contributed by atoms with Crippen LogP contribution in [0.3, 0.4) is 0 Å². The Hall–Kier alpha value is -6.55. The van der Waals surface area contributed by atoms with Gasteiger partial charge in [-0.15, -0.1) is 0 Å². The first-order valence-electron chi connectivity index (χ1n) is 24.3. The molecule has 7 heterocycles. The fraction of sp³-hybridized carbons (Fsp3) is 0.407. The summed E-state index contributed by atoms with van der Waals surface area (Å²) in [5.41, 5.74) is 5.01. The van der Waals surface area contributed by atoms with Crippen LogP contribution in [0.2, 0.25) is 0 Å². The lowest BCUT2D eigenvalue weighted by Crippen LogP contribution is -2.24. The molecule has 0 aliphatic carbocycles. The van der Waals surface area contributed by atoms with Crippen LogP contribution in [0, 0.1) is 0 Å². The van der Waals surface area contributed by atoms with Gasteiger partial charge in [-0.25, -0.2) is 34.9 Å². The minimum atomic E-state index is -0.239. The lowest BCUT2D eigenvalue weighted by atomic mass is 9.91. The Morgan fingerprint density at radius 3 is 0.609 bits per heavy atom. The number of pyridine rings is 7. The Morgan fingerprint density at radius 1 is 0.232 bits per heavy atom. The van der Waals surface area contributed by atoms with E-state index < -0.39 is 0 Å². The second-order valence-corrected chi connectivity index (χ2v) is 24.3. The quantitative estimate of drug-likeness (QED) is 0.139. The van der Waals surface area contributed by atoms with E-state index >= 15 is 0 Å². The topological polar surface area (TPSA) is 100.0 Å². The van der Waals surface area contributed by atoms with Gasteiger partial charge in [-0.05, 0) is 72.8 Å². The highest BCUT2D eigenvalue weighted by molar-refractivity contribution is 5.83. The molecule has 0 amide bonds. The Labute approximate surface area is 412 Å². The minimum Gasteiger partial charge on any atom is -0.279 e. The zero-order chi connectivity index (χ0) is 50.5. The highest BCUT2D eigenvalue weighted by atomic mass is 15.3. The molecule has 10 heteroatoms. The maximum absolute atomic E-state index is 5.71. The van der Waals surface area contributed by atoms with Crippen LogP contribution in [0.4, 0.5) is 52.2 Å². The molecule has 0 radical (unpaired) electrons. The average Bonchev–Trinajstić information content (AvgIpc) is 3.26. The summed E-state index contributed by atoms with van der Waals surface area (Å²) in [6.07, 6.45) is 0. The van der Waals surface area contributed by atoms with E-state index in [2.05, 4.69) is 236 Å². The summed E-state index contributed by atoms with van der Waals surface area (Å²) in [5.74, 6) is 5.28. The van der Waals surface area contributed by atoms with Crippen molar-refractivity contribution in [3.63, 3.8) is 0 Å². The molecule has 0 fully saturated rings. The molecule has 0 aliphatic rings. The zero-order valence-electron chi connectivity index (χ0n) is 44.5. The van der Waals surface area contributed by atoms with E-state index in [0.717, 1.165) is 39.9 Å². The van der Waals surface area contributed by atoms with E-state index in [1.54, 1.807) is 0 Å². The summed E-state index contributed by atoms with van der Waals surface area (Å²) in [4.78, 5) is 44.4. The number of aromatic nitrogens is 7. The molecule has 360 valence electrons. The second kappa shape index (κ2) is 18.4. The van der Waals surface area contributed by atoms with E-state index in [-0.39, 0.29) is 32.5 Å². The van der Waals surface area contributed by atoms with Gasteiger partial charge in [0.05, 0.1) is 5.69 Å². The first kappa shape index (κ1) is 50.3. The fourth-order valence-corrected chi connectivity index (χ4v) is 7.73. The smallest absolute Gasteiger partial charge is 0.144 e. The van der Waals surface area contributed by atoms with Crippen LogP contribution < -0.4 is 14.7 Å². The molecule has 0 unspecified atom stereocenters. The first-order valence-corrected chi connectivity index (χ1v) is 24.3. The number of hydrogen-bond donors (Lipinski definition) is 0. The van der Waals surface area contributed by atoms with E-state index in [1.165, 1.54) is 0 Å². The van der Waals surface area contributed by atoms with Gasteiger partial charge in [0.1, 0.15) is 46.5 Å². The molecule has 0 aliphatic heterocycles. The molecule has 0 saturated heterocycles. The van der Waals surface area contributed by atoms with Gasteiger partial charge in [-0.2, -0.15) is 0 Å². The maximum Gasteiger partial charge on any atom is 0.144 e. The van der Waals surface area contributed by atoms with Crippen molar-refractivity contribution < 1.29 is 0 Å². The molecule has 7 aromatic heterocycles. The third-order valence-corrected chi connectivity index (χ3v) is 11.9. The van der Waals surface area contributed by atoms with Crippen molar-refractivity contribution in [1.82, 2.24) is 34.9 Å². The molecule has 0 saturated carbocycles. The largest absolute Gasteiger partial charge is 0.279 e. The normalized spacial score (nSPS) is 12.8. The predicted molar refractivity (Wildman–Crippen MR) is 287 cm³/mol. The Bertz CT molecular complexity index is 2430. The van der Waals surface area contributed by atoms with Crippen LogP contribution in [0.1, 0.15) is 159 Å². The van der Waals surface area contributed by atoms with Crippen LogP contribution in [0.25, 0.3) is 0 Å². The van der Waals surface area contributed by atoms with E-state index in [0.29, 0.717) is 46.5 Å². The molecule has 0 bridgehead atoms. The van der Waals surface area contributed by atoms with Crippen molar-refractivity contribution in [2.45, 2.75) is 157 Å². The minimum absolute atomic E-state index is 0.231. The van der Waals surface area contributed by atoms with Crippen LogP contribution in [0.15, 0.2) is 121 Å². The van der Waals surface area contributed by atoms with Crippen molar-refractivity contribution >= 4 is 52.2 Å². The molecule has 0 N–H and O–H groups in total. The molecule has 10 nitrogen and oxygen atoms in total. The third-order valence-electron chi connectivity index (χ3n) is 11.9. The van der Waals surface area contributed by atoms with Crippen molar-refractivity contribution in [2.24, 2.45) is 0 Å². The average molecular weight is 923 g/mol. The van der Waals surface area contributed by atoms with Crippen molar-refractivity contribution in [3.05, 3.63) is 155 Å². The molecule has 69 heavy (non-hydrogen) atoms. The van der Waals surface area contributed by atoms with Crippen LogP contribution in [-0.4, -0.2) is 34.9 Å². The highest BCUT2D eigenvalue weighted by Crippen LogP contribution is 2.44. The van der Waals surface area contributed by atoms with E-state index in [1.807, 2.05) is 24.3 Å². The van der Waals surface area contributed by atoms with Gasteiger partial charge < -0.3 is 0 Å². The van der Waals surface area contributed by atoms with Crippen LogP contribution >= 0.6 is 0 Å². The van der Waals surface area contributed by atoms with E-state index in [4.69, 9.17) is 34.9 Å². The van der Waals surface area contributed by atoms with Gasteiger partial charge in [0.2, 0.25) is 0 Å². The van der Waals surface area contributed by atoms with Gasteiger partial charge in [0, 0.05) is 78.8 Å². The van der Waals surface area contributed by atoms with Crippen molar-refractivity contribution in [2.75, 3.05) is 14.7 Å². The fourth-order valence-electron chi connectivity index (χ4n) is 7.73. The second-order valence-electron chi connectivity index (χ2n) is 24.3.